The number of rotatable bonds is 14. The smallest absolute Gasteiger partial charge is 0.243 e. The van der Waals surface area contributed by atoms with Crippen LogP contribution in [-0.2, 0) is 11.3 Å². The van der Waals surface area contributed by atoms with Crippen LogP contribution >= 0.6 is 0 Å². The van der Waals surface area contributed by atoms with Crippen LogP contribution < -0.4 is 15.5 Å². The van der Waals surface area contributed by atoms with Crippen molar-refractivity contribution >= 4 is 16.7 Å². The molecule has 0 spiro atoms. The Bertz CT molecular complexity index is 981. The topological polar surface area (TPSA) is 88.4 Å². The van der Waals surface area contributed by atoms with Gasteiger partial charge in [-0.05, 0) is 49.3 Å². The van der Waals surface area contributed by atoms with E-state index in [4.69, 9.17) is 9.94 Å². The SMILES string of the molecule is O=C(CCCC/C=C(/CNCCCn1ccnc1)COc1cccc2ccccc12)NO. The Hall–Kier alpha value is -3.16. The molecule has 0 aliphatic carbocycles. The minimum atomic E-state index is -0.340. The van der Waals surface area contributed by atoms with Crippen molar-refractivity contribution < 1.29 is 14.7 Å². The number of aromatic nitrogens is 2. The number of allylic oxidation sites excluding steroid dienone is 1. The summed E-state index contributed by atoms with van der Waals surface area (Å²) in [5.74, 6) is 0.543. The van der Waals surface area contributed by atoms with E-state index in [2.05, 4.69) is 39.1 Å². The van der Waals surface area contributed by atoms with Crippen molar-refractivity contribution in [2.45, 2.75) is 38.6 Å². The number of carbonyl (C=O) groups is 1. The fourth-order valence-electron chi connectivity index (χ4n) is 3.52. The molecule has 3 aromatic rings. The number of hydrogen-bond donors (Lipinski definition) is 3. The van der Waals surface area contributed by atoms with Crippen molar-refractivity contribution in [2.24, 2.45) is 0 Å². The van der Waals surface area contributed by atoms with Crippen LogP contribution in [0.2, 0.25) is 0 Å². The summed E-state index contributed by atoms with van der Waals surface area (Å²) in [7, 11) is 0. The summed E-state index contributed by atoms with van der Waals surface area (Å²) >= 11 is 0. The third kappa shape index (κ3) is 7.83. The highest BCUT2D eigenvalue weighted by molar-refractivity contribution is 5.88. The summed E-state index contributed by atoms with van der Waals surface area (Å²) in [4.78, 5) is 15.2. The number of aryl methyl sites for hydroxylation is 1. The number of ether oxygens (including phenoxy) is 1. The molecule has 0 saturated carbocycles. The van der Waals surface area contributed by atoms with Gasteiger partial charge in [-0.15, -0.1) is 0 Å². The lowest BCUT2D eigenvalue weighted by molar-refractivity contribution is -0.129. The Kier molecular flexibility index (Phi) is 9.76. The summed E-state index contributed by atoms with van der Waals surface area (Å²) in [6, 6.07) is 14.3. The quantitative estimate of drug-likeness (QED) is 0.153. The molecule has 0 fully saturated rings. The molecule has 0 aliphatic heterocycles. The number of hydrogen-bond acceptors (Lipinski definition) is 5. The fourth-order valence-corrected chi connectivity index (χ4v) is 3.52. The van der Waals surface area contributed by atoms with Crippen molar-refractivity contribution in [3.8, 4) is 5.75 Å². The normalized spacial score (nSPS) is 11.6. The van der Waals surface area contributed by atoms with E-state index in [-0.39, 0.29) is 5.91 Å². The number of imidazole rings is 1. The van der Waals surface area contributed by atoms with Gasteiger partial charge in [0.25, 0.3) is 0 Å². The number of benzene rings is 2. The van der Waals surface area contributed by atoms with Crippen molar-refractivity contribution in [1.82, 2.24) is 20.3 Å². The first-order chi connectivity index (χ1) is 15.8. The molecule has 0 saturated heterocycles. The van der Waals surface area contributed by atoms with Gasteiger partial charge in [-0.1, -0.05) is 42.5 Å². The van der Waals surface area contributed by atoms with E-state index in [0.717, 1.165) is 61.8 Å². The van der Waals surface area contributed by atoms with Gasteiger partial charge < -0.3 is 14.6 Å². The maximum atomic E-state index is 11.2. The third-order valence-electron chi connectivity index (χ3n) is 5.26. The summed E-state index contributed by atoms with van der Waals surface area (Å²) in [5, 5.41) is 14.4. The van der Waals surface area contributed by atoms with Crippen LogP contribution in [-0.4, -0.2) is 40.4 Å². The zero-order chi connectivity index (χ0) is 22.4. The molecular formula is C25H32N4O3. The van der Waals surface area contributed by atoms with E-state index in [9.17, 15) is 4.79 Å². The van der Waals surface area contributed by atoms with Gasteiger partial charge in [0.1, 0.15) is 12.4 Å². The highest BCUT2D eigenvalue weighted by Gasteiger charge is 2.05. The van der Waals surface area contributed by atoms with Crippen LogP contribution in [0.3, 0.4) is 0 Å². The van der Waals surface area contributed by atoms with Gasteiger partial charge in [-0.25, -0.2) is 10.5 Å². The first-order valence-corrected chi connectivity index (χ1v) is 11.1. The molecule has 2 aromatic carbocycles. The highest BCUT2D eigenvalue weighted by Crippen LogP contribution is 2.25. The lowest BCUT2D eigenvalue weighted by atomic mass is 10.1. The van der Waals surface area contributed by atoms with Gasteiger partial charge in [0.05, 0.1) is 6.33 Å². The predicted octanol–water partition coefficient (Wildman–Crippen LogP) is 4.09. The highest BCUT2D eigenvalue weighted by atomic mass is 16.5. The molecule has 3 N–H and O–H groups in total. The van der Waals surface area contributed by atoms with E-state index in [0.29, 0.717) is 13.0 Å². The zero-order valence-electron chi connectivity index (χ0n) is 18.4. The molecule has 7 heteroatoms. The van der Waals surface area contributed by atoms with Crippen LogP contribution in [0.4, 0.5) is 0 Å². The van der Waals surface area contributed by atoms with Crippen molar-refractivity contribution in [3.05, 3.63) is 72.8 Å². The maximum absolute atomic E-state index is 11.2. The molecular weight excluding hydrogens is 404 g/mol. The molecule has 0 atom stereocenters. The Morgan fingerprint density at radius 1 is 1.12 bits per heavy atom. The second-order valence-electron chi connectivity index (χ2n) is 7.74. The number of nitrogens with one attached hydrogen (secondary N) is 2. The van der Waals surface area contributed by atoms with Gasteiger partial charge in [0, 0.05) is 37.3 Å². The lowest BCUT2D eigenvalue weighted by Gasteiger charge is -2.13. The second-order valence-corrected chi connectivity index (χ2v) is 7.74. The van der Waals surface area contributed by atoms with E-state index in [1.54, 1.807) is 11.7 Å². The van der Waals surface area contributed by atoms with Gasteiger partial charge in [-0.3, -0.25) is 10.0 Å². The van der Waals surface area contributed by atoms with Crippen molar-refractivity contribution in [3.63, 3.8) is 0 Å². The van der Waals surface area contributed by atoms with Gasteiger partial charge >= 0.3 is 0 Å². The third-order valence-corrected chi connectivity index (χ3v) is 5.26. The van der Waals surface area contributed by atoms with Crippen molar-refractivity contribution in [2.75, 3.05) is 19.7 Å². The molecule has 1 heterocycles. The Morgan fingerprint density at radius 3 is 2.84 bits per heavy atom. The Labute approximate surface area is 189 Å². The predicted molar refractivity (Wildman–Crippen MR) is 126 cm³/mol. The Balaban J connectivity index is 1.51. The van der Waals surface area contributed by atoms with Crippen LogP contribution in [0.5, 0.6) is 5.75 Å². The maximum Gasteiger partial charge on any atom is 0.243 e. The minimum Gasteiger partial charge on any atom is -0.489 e. The van der Waals surface area contributed by atoms with Crippen LogP contribution in [0.15, 0.2) is 72.8 Å². The number of unbranched alkanes of at least 4 members (excludes halogenated alkanes) is 2. The first kappa shape index (κ1) is 23.5. The number of amides is 1. The molecule has 0 unspecified atom stereocenters. The zero-order valence-corrected chi connectivity index (χ0v) is 18.4. The summed E-state index contributed by atoms with van der Waals surface area (Å²) in [6.45, 7) is 3.11. The fraction of sp³-hybridized carbons (Fsp3) is 0.360. The number of nitrogens with zero attached hydrogens (tertiary/aromatic N) is 2. The van der Waals surface area contributed by atoms with E-state index < -0.39 is 0 Å². The van der Waals surface area contributed by atoms with Gasteiger partial charge in [0.2, 0.25) is 5.91 Å². The van der Waals surface area contributed by atoms with Gasteiger partial charge in [0.15, 0.2) is 0 Å². The number of hydroxylamine groups is 1. The molecule has 1 amide bonds. The van der Waals surface area contributed by atoms with Crippen LogP contribution in [0.1, 0.15) is 32.1 Å². The standard InChI is InChI=1S/C25H32N4O3/c30-25(28-31)13-3-1-2-8-21(18-26-14-7-16-29-17-15-27-20-29)19-32-24-12-6-10-22-9-4-5-11-23(22)24/h4-6,8-12,15,17,20,26,31H,1-3,7,13-14,16,18-19H2,(H,28,30)/b21-8-. The molecule has 3 rings (SSSR count). The average molecular weight is 437 g/mol. The summed E-state index contributed by atoms with van der Waals surface area (Å²) in [6.07, 6.45) is 11.6. The average Bonchev–Trinajstić information content (AvgIpc) is 3.35. The first-order valence-electron chi connectivity index (χ1n) is 11.1. The Morgan fingerprint density at radius 2 is 2.00 bits per heavy atom. The second kappa shape index (κ2) is 13.3. The van der Waals surface area contributed by atoms with E-state index in [1.165, 1.54) is 5.57 Å². The van der Waals surface area contributed by atoms with Crippen molar-refractivity contribution in [1.29, 1.82) is 0 Å². The van der Waals surface area contributed by atoms with Crippen LogP contribution in [0.25, 0.3) is 10.8 Å². The van der Waals surface area contributed by atoms with Gasteiger partial charge in [-0.2, -0.15) is 0 Å². The molecule has 7 nitrogen and oxygen atoms in total. The molecule has 1 aromatic heterocycles. The molecule has 0 radical (unpaired) electrons. The van der Waals surface area contributed by atoms with Crippen LogP contribution in [0, 0.1) is 0 Å². The monoisotopic (exact) mass is 436 g/mol. The molecule has 32 heavy (non-hydrogen) atoms. The summed E-state index contributed by atoms with van der Waals surface area (Å²) < 4.78 is 8.27. The van der Waals surface area contributed by atoms with E-state index in [1.807, 2.05) is 36.8 Å². The molecule has 170 valence electrons. The molecule has 0 bridgehead atoms. The largest absolute Gasteiger partial charge is 0.489 e. The van der Waals surface area contributed by atoms with E-state index >= 15 is 0 Å². The molecule has 0 aliphatic rings. The lowest BCUT2D eigenvalue weighted by Crippen LogP contribution is -2.22. The number of fused-ring (bicyclic) bond motifs is 1. The summed E-state index contributed by atoms with van der Waals surface area (Å²) in [5.41, 5.74) is 2.86. The number of carbonyl (C=O) groups excluding carboxylic acids is 1. The minimum absolute atomic E-state index is 0.332.